The molecule has 1 aromatic rings. The Labute approximate surface area is 78.7 Å². The van der Waals surface area contributed by atoms with Crippen LogP contribution in [0.1, 0.15) is 5.56 Å². The predicted octanol–water partition coefficient (Wildman–Crippen LogP) is 1.87. The highest BCUT2D eigenvalue weighted by atomic mass is 19.4. The van der Waals surface area contributed by atoms with Gasteiger partial charge in [-0.3, -0.25) is 4.79 Å². The number of amides is 1. The Morgan fingerprint density at radius 1 is 1.21 bits per heavy atom. The molecule has 1 rings (SSSR count). The van der Waals surface area contributed by atoms with Crippen LogP contribution >= 0.6 is 0 Å². The molecule has 1 aromatic carbocycles. The molecule has 0 aliphatic heterocycles. The van der Waals surface area contributed by atoms with Gasteiger partial charge in [-0.2, -0.15) is 13.2 Å². The summed E-state index contributed by atoms with van der Waals surface area (Å²) in [4.78, 5) is 10.4. The molecule has 0 spiro atoms. The van der Waals surface area contributed by atoms with Gasteiger partial charge in [0.25, 0.3) is 0 Å². The van der Waals surface area contributed by atoms with E-state index in [4.69, 9.17) is 0 Å². The highest BCUT2D eigenvalue weighted by Crippen LogP contribution is 2.14. The number of hydrogen-bond donors (Lipinski definition) is 1. The SMILES string of the molecule is O=C(NCc1ccccc1)C(F)(F)F. The van der Waals surface area contributed by atoms with E-state index in [0.717, 1.165) is 0 Å². The van der Waals surface area contributed by atoms with E-state index in [9.17, 15) is 18.0 Å². The maximum atomic E-state index is 11.7. The number of carbonyl (C=O) groups is 1. The zero-order chi connectivity index (χ0) is 10.6. The molecular weight excluding hydrogens is 195 g/mol. The molecule has 76 valence electrons. The number of rotatable bonds is 2. The highest BCUT2D eigenvalue weighted by Gasteiger charge is 2.38. The van der Waals surface area contributed by atoms with Crippen LogP contribution in [0.5, 0.6) is 0 Å². The number of halogens is 3. The summed E-state index contributed by atoms with van der Waals surface area (Å²) >= 11 is 0. The lowest BCUT2D eigenvalue weighted by Gasteiger charge is -2.07. The van der Waals surface area contributed by atoms with Crippen molar-refractivity contribution in [3.63, 3.8) is 0 Å². The molecule has 0 aliphatic rings. The van der Waals surface area contributed by atoms with Crippen LogP contribution in [-0.4, -0.2) is 12.1 Å². The standard InChI is InChI=1S/C9H8F3NO/c10-9(11,12)8(14)13-6-7-4-2-1-3-5-7/h1-5H,6H2,(H,13,14). The van der Waals surface area contributed by atoms with Crippen LogP contribution in [0.2, 0.25) is 0 Å². The maximum absolute atomic E-state index is 11.7. The molecular formula is C9H8F3NO. The van der Waals surface area contributed by atoms with Crippen LogP contribution in [0, 0.1) is 0 Å². The monoisotopic (exact) mass is 203 g/mol. The molecule has 1 N–H and O–H groups in total. The molecule has 0 bridgehead atoms. The molecule has 5 heteroatoms. The summed E-state index contributed by atoms with van der Waals surface area (Å²) in [5.41, 5.74) is 0.630. The molecule has 0 saturated heterocycles. The quantitative estimate of drug-likeness (QED) is 0.781. The smallest absolute Gasteiger partial charge is 0.344 e. The Kier molecular flexibility index (Phi) is 3.11. The van der Waals surface area contributed by atoms with E-state index in [1.54, 1.807) is 35.6 Å². The van der Waals surface area contributed by atoms with Gasteiger partial charge in [0.05, 0.1) is 0 Å². The van der Waals surface area contributed by atoms with Crippen LogP contribution in [0.25, 0.3) is 0 Å². The van der Waals surface area contributed by atoms with Crippen molar-refractivity contribution in [3.05, 3.63) is 35.9 Å². The number of alkyl halides is 3. The zero-order valence-electron chi connectivity index (χ0n) is 7.14. The fourth-order valence-corrected chi connectivity index (χ4v) is 0.878. The largest absolute Gasteiger partial charge is 0.471 e. The summed E-state index contributed by atoms with van der Waals surface area (Å²) in [6, 6.07) is 8.40. The average molecular weight is 203 g/mol. The van der Waals surface area contributed by atoms with Crippen molar-refractivity contribution in [1.29, 1.82) is 0 Å². The molecule has 0 unspecified atom stereocenters. The van der Waals surface area contributed by atoms with Crippen molar-refractivity contribution in [1.82, 2.24) is 5.32 Å². The molecule has 0 atom stereocenters. The molecule has 0 aromatic heterocycles. The van der Waals surface area contributed by atoms with E-state index >= 15 is 0 Å². The summed E-state index contributed by atoms with van der Waals surface area (Å²) in [6.07, 6.45) is -4.81. The first-order chi connectivity index (χ1) is 6.50. The third kappa shape index (κ3) is 3.08. The first-order valence-corrected chi connectivity index (χ1v) is 3.89. The zero-order valence-corrected chi connectivity index (χ0v) is 7.14. The van der Waals surface area contributed by atoms with Gasteiger partial charge in [-0.05, 0) is 5.56 Å². The van der Waals surface area contributed by atoms with Gasteiger partial charge in [0.15, 0.2) is 0 Å². The summed E-state index contributed by atoms with van der Waals surface area (Å²) in [6.45, 7) is -0.112. The Balaban J connectivity index is 2.46. The minimum absolute atomic E-state index is 0.112. The molecule has 0 radical (unpaired) electrons. The lowest BCUT2D eigenvalue weighted by Crippen LogP contribution is -2.36. The third-order valence-electron chi connectivity index (χ3n) is 1.55. The summed E-state index contributed by atoms with van der Waals surface area (Å²) in [5.74, 6) is -1.92. The van der Waals surface area contributed by atoms with Crippen molar-refractivity contribution < 1.29 is 18.0 Å². The summed E-state index contributed by atoms with van der Waals surface area (Å²) in [7, 11) is 0. The number of nitrogens with one attached hydrogen (secondary N) is 1. The van der Waals surface area contributed by atoms with Crippen LogP contribution in [0.3, 0.4) is 0 Å². The van der Waals surface area contributed by atoms with Crippen molar-refractivity contribution in [2.24, 2.45) is 0 Å². The maximum Gasteiger partial charge on any atom is 0.471 e. The van der Waals surface area contributed by atoms with Crippen molar-refractivity contribution in [2.45, 2.75) is 12.7 Å². The topological polar surface area (TPSA) is 29.1 Å². The van der Waals surface area contributed by atoms with Crippen molar-refractivity contribution in [2.75, 3.05) is 0 Å². The van der Waals surface area contributed by atoms with Gasteiger partial charge in [0.2, 0.25) is 0 Å². The fraction of sp³-hybridized carbons (Fsp3) is 0.222. The minimum Gasteiger partial charge on any atom is -0.344 e. The van der Waals surface area contributed by atoms with Crippen LogP contribution in [-0.2, 0) is 11.3 Å². The minimum atomic E-state index is -4.81. The highest BCUT2D eigenvalue weighted by molar-refractivity contribution is 5.81. The Hall–Kier alpha value is -1.52. The van der Waals surface area contributed by atoms with Crippen molar-refractivity contribution >= 4 is 5.91 Å². The summed E-state index contributed by atoms with van der Waals surface area (Å²) < 4.78 is 35.2. The van der Waals surface area contributed by atoms with Gasteiger partial charge in [0.1, 0.15) is 0 Å². The van der Waals surface area contributed by atoms with Gasteiger partial charge >= 0.3 is 12.1 Å². The van der Waals surface area contributed by atoms with Gasteiger partial charge in [0, 0.05) is 6.54 Å². The Morgan fingerprint density at radius 3 is 2.29 bits per heavy atom. The third-order valence-corrected chi connectivity index (χ3v) is 1.55. The molecule has 2 nitrogen and oxygen atoms in total. The molecule has 0 aliphatic carbocycles. The van der Waals surface area contributed by atoms with E-state index in [2.05, 4.69) is 0 Å². The second kappa shape index (κ2) is 4.13. The normalized spacial score (nSPS) is 11.1. The second-order valence-corrected chi connectivity index (χ2v) is 2.67. The van der Waals surface area contributed by atoms with E-state index in [1.807, 2.05) is 0 Å². The van der Waals surface area contributed by atoms with E-state index in [0.29, 0.717) is 5.56 Å². The molecule has 0 saturated carbocycles. The number of hydrogen-bond acceptors (Lipinski definition) is 1. The molecule has 14 heavy (non-hydrogen) atoms. The lowest BCUT2D eigenvalue weighted by atomic mass is 10.2. The molecule has 0 heterocycles. The van der Waals surface area contributed by atoms with E-state index < -0.39 is 12.1 Å². The van der Waals surface area contributed by atoms with Gasteiger partial charge in [-0.1, -0.05) is 30.3 Å². The Morgan fingerprint density at radius 2 is 1.79 bits per heavy atom. The molecule has 1 amide bonds. The van der Waals surface area contributed by atoms with Gasteiger partial charge in [-0.25, -0.2) is 0 Å². The van der Waals surface area contributed by atoms with E-state index in [1.165, 1.54) is 0 Å². The Bertz CT molecular complexity index is 308. The average Bonchev–Trinajstić information content (AvgIpc) is 2.14. The fourth-order valence-electron chi connectivity index (χ4n) is 0.878. The number of carbonyl (C=O) groups excluding carboxylic acids is 1. The van der Waals surface area contributed by atoms with Gasteiger partial charge in [-0.15, -0.1) is 0 Å². The van der Waals surface area contributed by atoms with Crippen LogP contribution in [0.4, 0.5) is 13.2 Å². The number of benzene rings is 1. The first-order valence-electron chi connectivity index (χ1n) is 3.89. The first kappa shape index (κ1) is 10.6. The van der Waals surface area contributed by atoms with Crippen LogP contribution in [0.15, 0.2) is 30.3 Å². The lowest BCUT2D eigenvalue weighted by molar-refractivity contribution is -0.173. The summed E-state index contributed by atoms with van der Waals surface area (Å²) in [5, 5.41) is 1.77. The van der Waals surface area contributed by atoms with E-state index in [-0.39, 0.29) is 6.54 Å². The van der Waals surface area contributed by atoms with Gasteiger partial charge < -0.3 is 5.32 Å². The van der Waals surface area contributed by atoms with Crippen LogP contribution < -0.4 is 5.32 Å². The predicted molar refractivity (Wildman–Crippen MR) is 44.3 cm³/mol. The molecule has 0 fully saturated rings. The van der Waals surface area contributed by atoms with Crippen molar-refractivity contribution in [3.8, 4) is 0 Å². The second-order valence-electron chi connectivity index (χ2n) is 2.67.